The lowest BCUT2D eigenvalue weighted by Crippen LogP contribution is -1.66. The average molecular weight is 151 g/mol. The predicted octanol–water partition coefficient (Wildman–Crippen LogP) is 2.12. The normalized spacial score (nSPS) is 10.5. The molecule has 1 heterocycles. The molecule has 1 aromatic carbocycles. The van der Waals surface area contributed by atoms with E-state index in [1.807, 2.05) is 18.2 Å². The summed E-state index contributed by atoms with van der Waals surface area (Å²) in [6.07, 6.45) is 1.43. The lowest BCUT2D eigenvalue weighted by atomic mass is 10.3. The van der Waals surface area contributed by atoms with Crippen LogP contribution in [0.4, 0.5) is 0 Å². The van der Waals surface area contributed by atoms with Crippen LogP contribution < -0.4 is 0 Å². The van der Waals surface area contributed by atoms with Crippen molar-refractivity contribution in [2.45, 2.75) is 4.90 Å². The lowest BCUT2D eigenvalue weighted by molar-refractivity contribution is 0.601. The molecule has 0 fully saturated rings. The van der Waals surface area contributed by atoms with Crippen LogP contribution in [0.25, 0.3) is 11.1 Å². The summed E-state index contributed by atoms with van der Waals surface area (Å²) in [6, 6.07) is 5.60. The van der Waals surface area contributed by atoms with Gasteiger partial charge >= 0.3 is 0 Å². The SMILES string of the molecule is Sc1ccc2ncoc2c1. The van der Waals surface area contributed by atoms with Gasteiger partial charge in [0, 0.05) is 4.90 Å². The van der Waals surface area contributed by atoms with Crippen LogP contribution in [-0.2, 0) is 0 Å². The molecule has 2 aromatic rings. The average Bonchev–Trinajstić information content (AvgIpc) is 2.33. The molecule has 2 nitrogen and oxygen atoms in total. The van der Waals surface area contributed by atoms with Crippen LogP contribution in [0.2, 0.25) is 0 Å². The second kappa shape index (κ2) is 2.02. The smallest absolute Gasteiger partial charge is 0.181 e. The number of oxazole rings is 1. The second-order valence-corrected chi connectivity index (χ2v) is 2.52. The maximum atomic E-state index is 5.04. The van der Waals surface area contributed by atoms with Gasteiger partial charge < -0.3 is 4.42 Å². The molecule has 0 N–H and O–H groups in total. The Morgan fingerprint density at radius 2 is 2.30 bits per heavy atom. The number of aromatic nitrogens is 1. The van der Waals surface area contributed by atoms with Crippen LogP contribution in [0.3, 0.4) is 0 Å². The molecule has 0 saturated carbocycles. The van der Waals surface area contributed by atoms with E-state index < -0.39 is 0 Å². The van der Waals surface area contributed by atoms with E-state index >= 15 is 0 Å². The van der Waals surface area contributed by atoms with Crippen molar-refractivity contribution in [3.8, 4) is 0 Å². The number of hydrogen-bond acceptors (Lipinski definition) is 3. The molecule has 1 aromatic heterocycles. The van der Waals surface area contributed by atoms with Gasteiger partial charge in [-0.15, -0.1) is 12.6 Å². The fourth-order valence-corrected chi connectivity index (χ4v) is 1.04. The van der Waals surface area contributed by atoms with Crippen molar-refractivity contribution < 1.29 is 4.42 Å². The van der Waals surface area contributed by atoms with Gasteiger partial charge in [-0.1, -0.05) is 0 Å². The van der Waals surface area contributed by atoms with Crippen LogP contribution in [0.5, 0.6) is 0 Å². The predicted molar refractivity (Wildman–Crippen MR) is 41.3 cm³/mol. The Bertz CT molecular complexity index is 355. The Labute approximate surface area is 63.3 Å². The van der Waals surface area contributed by atoms with E-state index in [9.17, 15) is 0 Å². The molecule has 2 rings (SSSR count). The molecule has 0 amide bonds. The minimum absolute atomic E-state index is 0.785. The first-order valence-electron chi connectivity index (χ1n) is 2.88. The topological polar surface area (TPSA) is 26.0 Å². The van der Waals surface area contributed by atoms with Crippen molar-refractivity contribution in [1.29, 1.82) is 0 Å². The largest absolute Gasteiger partial charge is 0.443 e. The summed E-state index contributed by atoms with van der Waals surface area (Å²) >= 11 is 4.15. The van der Waals surface area contributed by atoms with Crippen LogP contribution >= 0.6 is 12.6 Å². The van der Waals surface area contributed by atoms with Crippen LogP contribution in [0.15, 0.2) is 33.9 Å². The highest BCUT2D eigenvalue weighted by Gasteiger charge is 1.95. The first-order chi connectivity index (χ1) is 4.86. The summed E-state index contributed by atoms with van der Waals surface area (Å²) in [5.74, 6) is 0. The van der Waals surface area contributed by atoms with Gasteiger partial charge in [-0.25, -0.2) is 4.98 Å². The van der Waals surface area contributed by atoms with Crippen LogP contribution in [0, 0.1) is 0 Å². The molecule has 0 aliphatic heterocycles. The van der Waals surface area contributed by atoms with Crippen molar-refractivity contribution in [2.24, 2.45) is 0 Å². The minimum atomic E-state index is 0.785. The van der Waals surface area contributed by atoms with Crippen molar-refractivity contribution in [3.63, 3.8) is 0 Å². The van der Waals surface area contributed by atoms with E-state index in [0.29, 0.717) is 0 Å². The molecule has 0 spiro atoms. The summed E-state index contributed by atoms with van der Waals surface area (Å²) in [5.41, 5.74) is 1.66. The molecular weight excluding hydrogens is 146 g/mol. The molecule has 0 atom stereocenters. The maximum absolute atomic E-state index is 5.04. The summed E-state index contributed by atoms with van der Waals surface area (Å²) in [4.78, 5) is 4.85. The van der Waals surface area contributed by atoms with Crippen LogP contribution in [-0.4, -0.2) is 4.98 Å². The number of nitrogens with zero attached hydrogens (tertiary/aromatic N) is 1. The minimum Gasteiger partial charge on any atom is -0.443 e. The van der Waals surface area contributed by atoms with E-state index in [-0.39, 0.29) is 0 Å². The number of benzene rings is 1. The van der Waals surface area contributed by atoms with E-state index in [0.717, 1.165) is 16.0 Å². The molecular formula is C7H5NOS. The summed E-state index contributed by atoms with van der Waals surface area (Å²) in [6.45, 7) is 0. The highest BCUT2D eigenvalue weighted by atomic mass is 32.1. The second-order valence-electron chi connectivity index (χ2n) is 2.00. The summed E-state index contributed by atoms with van der Waals surface area (Å²) < 4.78 is 5.04. The van der Waals surface area contributed by atoms with Crippen molar-refractivity contribution in [3.05, 3.63) is 24.6 Å². The highest BCUT2D eigenvalue weighted by molar-refractivity contribution is 7.80. The zero-order chi connectivity index (χ0) is 6.97. The molecule has 0 saturated heterocycles. The molecule has 3 heteroatoms. The van der Waals surface area contributed by atoms with Gasteiger partial charge in [0.05, 0.1) is 0 Å². The van der Waals surface area contributed by atoms with Gasteiger partial charge in [0.2, 0.25) is 0 Å². The molecule has 0 radical (unpaired) electrons. The Balaban J connectivity index is 2.86. The fourth-order valence-electron chi connectivity index (χ4n) is 0.844. The monoisotopic (exact) mass is 151 g/mol. The fraction of sp³-hybridized carbons (Fsp3) is 0. The zero-order valence-electron chi connectivity index (χ0n) is 5.11. The molecule has 0 aliphatic carbocycles. The third-order valence-corrected chi connectivity index (χ3v) is 1.59. The number of hydrogen-bond donors (Lipinski definition) is 1. The van der Waals surface area contributed by atoms with Crippen molar-refractivity contribution >= 4 is 23.7 Å². The van der Waals surface area contributed by atoms with Gasteiger partial charge in [-0.3, -0.25) is 0 Å². The van der Waals surface area contributed by atoms with E-state index in [1.165, 1.54) is 6.39 Å². The first-order valence-corrected chi connectivity index (χ1v) is 3.33. The van der Waals surface area contributed by atoms with E-state index in [4.69, 9.17) is 4.42 Å². The first kappa shape index (κ1) is 5.80. The third kappa shape index (κ3) is 0.789. The molecule has 50 valence electrons. The lowest BCUT2D eigenvalue weighted by Gasteiger charge is -1.86. The van der Waals surface area contributed by atoms with Gasteiger partial charge in [0.15, 0.2) is 12.0 Å². The maximum Gasteiger partial charge on any atom is 0.181 e. The quantitative estimate of drug-likeness (QED) is 0.583. The van der Waals surface area contributed by atoms with Gasteiger partial charge in [-0.05, 0) is 18.2 Å². The van der Waals surface area contributed by atoms with E-state index in [2.05, 4.69) is 17.6 Å². The van der Waals surface area contributed by atoms with Gasteiger partial charge in [-0.2, -0.15) is 0 Å². The standard InChI is InChI=1S/C7H5NOS/c10-5-1-2-6-7(3-5)9-4-8-6/h1-4,10H. The molecule has 0 unspecified atom stereocenters. The molecule has 0 aliphatic rings. The summed E-state index contributed by atoms with van der Waals surface area (Å²) in [5, 5.41) is 0. The number of thiol groups is 1. The molecule has 0 bridgehead atoms. The Morgan fingerprint density at radius 1 is 1.40 bits per heavy atom. The Morgan fingerprint density at radius 3 is 3.20 bits per heavy atom. The van der Waals surface area contributed by atoms with Crippen molar-refractivity contribution in [1.82, 2.24) is 4.98 Å². The van der Waals surface area contributed by atoms with Crippen LogP contribution in [0.1, 0.15) is 0 Å². The Hall–Kier alpha value is -0.960. The molecule has 10 heavy (non-hydrogen) atoms. The van der Waals surface area contributed by atoms with E-state index in [1.54, 1.807) is 0 Å². The zero-order valence-corrected chi connectivity index (χ0v) is 6.01. The number of fused-ring (bicyclic) bond motifs is 1. The van der Waals surface area contributed by atoms with Gasteiger partial charge in [0.1, 0.15) is 5.52 Å². The third-order valence-electron chi connectivity index (χ3n) is 1.31. The number of rotatable bonds is 0. The summed E-state index contributed by atoms with van der Waals surface area (Å²) in [7, 11) is 0. The van der Waals surface area contributed by atoms with Crippen molar-refractivity contribution in [2.75, 3.05) is 0 Å². The van der Waals surface area contributed by atoms with Gasteiger partial charge in [0.25, 0.3) is 0 Å². The highest BCUT2D eigenvalue weighted by Crippen LogP contribution is 2.15. The Kier molecular flexibility index (Phi) is 1.17.